The average molecular weight is 371 g/mol. The Bertz CT molecular complexity index is 921. The largest absolute Gasteiger partial charge is 0.411 e. The maximum Gasteiger partial charge on any atom is 0.277 e. The minimum atomic E-state index is 0.0749. The molecule has 0 radical (unpaired) electrons. The van der Waals surface area contributed by atoms with Crippen LogP contribution in [0.3, 0.4) is 0 Å². The number of carbonyl (C=O) groups excluding carboxylic acids is 1. The number of benzene rings is 2. The smallest absolute Gasteiger partial charge is 0.277 e. The third kappa shape index (κ3) is 3.62. The molecule has 0 aliphatic heterocycles. The highest BCUT2D eigenvalue weighted by molar-refractivity contribution is 7.99. The van der Waals surface area contributed by atoms with Crippen LogP contribution in [0.4, 0.5) is 0 Å². The van der Waals surface area contributed by atoms with Crippen molar-refractivity contribution < 1.29 is 9.21 Å². The highest BCUT2D eigenvalue weighted by atomic mass is 35.5. The van der Waals surface area contributed by atoms with Crippen LogP contribution >= 0.6 is 23.4 Å². The fourth-order valence-electron chi connectivity index (χ4n) is 2.93. The molecule has 3 aromatic rings. The Kier molecular flexibility index (Phi) is 4.59. The molecule has 25 heavy (non-hydrogen) atoms. The van der Waals surface area contributed by atoms with Gasteiger partial charge in [-0.3, -0.25) is 4.79 Å². The number of hydrogen-bond donors (Lipinski definition) is 0. The van der Waals surface area contributed by atoms with Gasteiger partial charge in [-0.2, -0.15) is 0 Å². The first-order valence-electron chi connectivity index (χ1n) is 8.06. The molecule has 1 heterocycles. The Morgan fingerprint density at radius 2 is 1.88 bits per heavy atom. The quantitative estimate of drug-likeness (QED) is 0.474. The normalized spacial score (nSPS) is 13.0. The van der Waals surface area contributed by atoms with Gasteiger partial charge in [0, 0.05) is 16.1 Å². The van der Waals surface area contributed by atoms with Gasteiger partial charge in [-0.05, 0) is 60.7 Å². The van der Waals surface area contributed by atoms with E-state index >= 15 is 0 Å². The number of hydrogen-bond acceptors (Lipinski definition) is 5. The van der Waals surface area contributed by atoms with E-state index in [1.807, 2.05) is 24.3 Å². The molecule has 126 valence electrons. The van der Waals surface area contributed by atoms with Gasteiger partial charge in [-0.25, -0.2) is 0 Å². The number of Topliss-reactive ketones (excluding diaryl/α,β-unsaturated/α-hetero) is 1. The number of aryl methyl sites for hydroxylation is 2. The Morgan fingerprint density at radius 3 is 2.72 bits per heavy atom. The lowest BCUT2D eigenvalue weighted by Gasteiger charge is -2.03. The fourth-order valence-corrected chi connectivity index (χ4v) is 3.72. The van der Waals surface area contributed by atoms with Crippen LogP contribution in [0, 0.1) is 0 Å². The molecule has 1 aliphatic rings. The van der Waals surface area contributed by atoms with Gasteiger partial charge in [0.2, 0.25) is 5.89 Å². The Balaban J connectivity index is 1.41. The van der Waals surface area contributed by atoms with Crippen LogP contribution in [0.5, 0.6) is 0 Å². The molecule has 2 aromatic carbocycles. The molecule has 0 unspecified atom stereocenters. The second kappa shape index (κ2) is 7.02. The monoisotopic (exact) mass is 370 g/mol. The van der Waals surface area contributed by atoms with Gasteiger partial charge < -0.3 is 4.42 Å². The number of thioether (sulfide) groups is 1. The van der Waals surface area contributed by atoms with E-state index < -0.39 is 0 Å². The van der Waals surface area contributed by atoms with E-state index in [4.69, 9.17) is 16.0 Å². The number of ketones is 1. The number of rotatable bonds is 5. The van der Waals surface area contributed by atoms with Crippen molar-refractivity contribution in [3.05, 3.63) is 64.2 Å². The number of aromatic nitrogens is 2. The van der Waals surface area contributed by atoms with Crippen LogP contribution in [-0.2, 0) is 12.8 Å². The topological polar surface area (TPSA) is 56.0 Å². The molecule has 1 aromatic heterocycles. The van der Waals surface area contributed by atoms with Crippen LogP contribution in [0.1, 0.15) is 27.9 Å². The molecule has 0 amide bonds. The second-order valence-corrected chi connectivity index (χ2v) is 7.29. The number of halogens is 1. The van der Waals surface area contributed by atoms with Gasteiger partial charge in [-0.1, -0.05) is 35.5 Å². The summed E-state index contributed by atoms with van der Waals surface area (Å²) < 4.78 is 5.62. The van der Waals surface area contributed by atoms with Crippen LogP contribution in [0.25, 0.3) is 11.5 Å². The van der Waals surface area contributed by atoms with Crippen molar-refractivity contribution >= 4 is 29.1 Å². The lowest BCUT2D eigenvalue weighted by atomic mass is 10.0. The van der Waals surface area contributed by atoms with E-state index in [1.165, 1.54) is 29.3 Å². The molecule has 0 N–H and O–H groups in total. The van der Waals surface area contributed by atoms with Crippen molar-refractivity contribution in [2.45, 2.75) is 24.5 Å². The maximum absolute atomic E-state index is 12.4. The van der Waals surface area contributed by atoms with Gasteiger partial charge in [0.15, 0.2) is 5.78 Å². The summed E-state index contributed by atoms with van der Waals surface area (Å²) in [6.45, 7) is 0. The van der Waals surface area contributed by atoms with Crippen molar-refractivity contribution in [2.75, 3.05) is 5.75 Å². The molecule has 1 aliphatic carbocycles. The van der Waals surface area contributed by atoms with Gasteiger partial charge in [-0.15, -0.1) is 10.2 Å². The summed E-state index contributed by atoms with van der Waals surface area (Å²) in [5, 5.41) is 9.06. The van der Waals surface area contributed by atoms with Crippen LogP contribution in [0.15, 0.2) is 52.1 Å². The lowest BCUT2D eigenvalue weighted by molar-refractivity contribution is 0.102. The van der Waals surface area contributed by atoms with Crippen LogP contribution < -0.4 is 0 Å². The number of carbonyl (C=O) groups is 1. The standard InChI is InChI=1S/C19H15ClN2O2S/c20-16-8-6-13(7-9-16)18-21-22-19(24-18)25-11-17(23)15-5-4-12-2-1-3-14(12)10-15/h4-10H,1-3,11H2. The molecular weight excluding hydrogens is 356 g/mol. The van der Waals surface area contributed by atoms with E-state index in [0.717, 1.165) is 24.0 Å². The summed E-state index contributed by atoms with van der Waals surface area (Å²) >= 11 is 7.13. The van der Waals surface area contributed by atoms with E-state index in [0.29, 0.717) is 16.1 Å². The zero-order valence-corrected chi connectivity index (χ0v) is 14.9. The predicted octanol–water partition coefficient (Wildman–Crippen LogP) is 4.85. The van der Waals surface area contributed by atoms with Crippen molar-refractivity contribution in [2.24, 2.45) is 0 Å². The summed E-state index contributed by atoms with van der Waals surface area (Å²) in [5.41, 5.74) is 4.23. The van der Waals surface area contributed by atoms with E-state index in [2.05, 4.69) is 16.3 Å². The Hall–Kier alpha value is -2.11. The highest BCUT2D eigenvalue weighted by Crippen LogP contribution is 2.26. The van der Waals surface area contributed by atoms with Gasteiger partial charge in [0.05, 0.1) is 5.75 Å². The molecule has 0 atom stereocenters. The molecule has 0 saturated heterocycles. The van der Waals surface area contributed by atoms with Crippen molar-refractivity contribution in [1.29, 1.82) is 0 Å². The summed E-state index contributed by atoms with van der Waals surface area (Å²) in [7, 11) is 0. The van der Waals surface area contributed by atoms with Gasteiger partial charge in [0.25, 0.3) is 5.22 Å². The molecule has 4 nitrogen and oxygen atoms in total. The van der Waals surface area contributed by atoms with Crippen molar-refractivity contribution in [3.63, 3.8) is 0 Å². The summed E-state index contributed by atoms with van der Waals surface area (Å²) in [4.78, 5) is 12.4. The Labute approximate surface area is 154 Å². The van der Waals surface area contributed by atoms with Gasteiger partial charge >= 0.3 is 0 Å². The van der Waals surface area contributed by atoms with Crippen molar-refractivity contribution in [1.82, 2.24) is 10.2 Å². The fraction of sp³-hybridized carbons (Fsp3) is 0.211. The molecule has 0 spiro atoms. The number of nitrogens with zero attached hydrogens (tertiary/aromatic N) is 2. The average Bonchev–Trinajstić information content (AvgIpc) is 3.29. The summed E-state index contributed by atoms with van der Waals surface area (Å²) in [6.07, 6.45) is 3.36. The van der Waals surface area contributed by atoms with E-state index in [1.54, 1.807) is 12.1 Å². The molecule has 0 bridgehead atoms. The zero-order chi connectivity index (χ0) is 17.2. The third-order valence-corrected chi connectivity index (χ3v) is 5.32. The summed E-state index contributed by atoms with van der Waals surface area (Å²) in [5.74, 6) is 0.774. The second-order valence-electron chi connectivity index (χ2n) is 5.93. The molecule has 0 fully saturated rings. The van der Waals surface area contributed by atoms with Gasteiger partial charge in [0.1, 0.15) is 0 Å². The van der Waals surface area contributed by atoms with Crippen LogP contribution in [-0.4, -0.2) is 21.7 Å². The predicted molar refractivity (Wildman–Crippen MR) is 98.3 cm³/mol. The Morgan fingerprint density at radius 1 is 1.08 bits per heavy atom. The minimum Gasteiger partial charge on any atom is -0.411 e. The molecular formula is C19H15ClN2O2S. The number of fused-ring (bicyclic) bond motifs is 1. The molecule has 0 saturated carbocycles. The summed E-state index contributed by atoms with van der Waals surface area (Å²) in [6, 6.07) is 13.2. The lowest BCUT2D eigenvalue weighted by Crippen LogP contribution is -2.03. The highest BCUT2D eigenvalue weighted by Gasteiger charge is 2.16. The van der Waals surface area contributed by atoms with E-state index in [9.17, 15) is 4.79 Å². The van der Waals surface area contributed by atoms with Crippen LogP contribution in [0.2, 0.25) is 5.02 Å². The zero-order valence-electron chi connectivity index (χ0n) is 13.4. The van der Waals surface area contributed by atoms with E-state index in [-0.39, 0.29) is 11.5 Å². The maximum atomic E-state index is 12.4. The SMILES string of the molecule is O=C(CSc1nnc(-c2ccc(Cl)cc2)o1)c1ccc2c(c1)CCC2. The molecule has 4 rings (SSSR count). The third-order valence-electron chi connectivity index (χ3n) is 4.24. The minimum absolute atomic E-state index is 0.0749. The first kappa shape index (κ1) is 16.4. The first-order chi connectivity index (χ1) is 12.2. The first-order valence-corrected chi connectivity index (χ1v) is 9.42. The van der Waals surface area contributed by atoms with Crippen molar-refractivity contribution in [3.8, 4) is 11.5 Å². The molecule has 6 heteroatoms.